The largest absolute Gasteiger partial charge is 0.361 e. The van der Waals surface area contributed by atoms with Gasteiger partial charge < -0.3 is 9.84 Å². The Balaban J connectivity index is 1.57. The topological polar surface area (TPSA) is 92.9 Å². The number of nitrogens with one attached hydrogen (secondary N) is 2. The molecule has 112 valence electrons. The predicted octanol–water partition coefficient (Wildman–Crippen LogP) is 2.82. The zero-order valence-electron chi connectivity index (χ0n) is 11.7. The molecule has 2 N–H and O–H groups in total. The van der Waals surface area contributed by atoms with Crippen molar-refractivity contribution >= 4 is 22.7 Å². The average molecular weight is 315 g/mol. The fraction of sp³-hybridized carbons (Fsp3) is 0.143. The van der Waals surface area contributed by atoms with Crippen molar-refractivity contribution in [3.63, 3.8) is 0 Å². The summed E-state index contributed by atoms with van der Waals surface area (Å²) in [5, 5.41) is 9.56. The van der Waals surface area contributed by atoms with Crippen LogP contribution in [0.1, 0.15) is 11.5 Å². The van der Waals surface area contributed by atoms with Crippen molar-refractivity contribution in [2.75, 3.05) is 5.32 Å². The van der Waals surface area contributed by atoms with E-state index < -0.39 is 0 Å². The first-order chi connectivity index (χ1) is 10.7. The summed E-state index contributed by atoms with van der Waals surface area (Å²) in [5.74, 6) is 1.29. The number of urea groups is 1. The smallest absolute Gasteiger partial charge is 0.321 e. The second kappa shape index (κ2) is 6.35. The summed E-state index contributed by atoms with van der Waals surface area (Å²) < 4.78 is 9.15. The Hall–Kier alpha value is -2.74. The molecule has 0 fully saturated rings. The molecule has 0 saturated heterocycles. The van der Waals surface area contributed by atoms with Gasteiger partial charge in [-0.3, -0.25) is 5.32 Å². The highest BCUT2D eigenvalue weighted by Gasteiger charge is 2.09. The molecule has 0 bridgehead atoms. The molecule has 22 heavy (non-hydrogen) atoms. The molecule has 0 unspecified atom stereocenters. The molecule has 0 aliphatic rings. The normalized spacial score (nSPS) is 10.4. The Morgan fingerprint density at radius 3 is 2.86 bits per heavy atom. The molecular formula is C14H13N5O2S. The van der Waals surface area contributed by atoms with E-state index in [9.17, 15) is 4.79 Å². The molecule has 7 nitrogen and oxygen atoms in total. The molecule has 0 aliphatic carbocycles. The molecular weight excluding hydrogens is 302 g/mol. The standard InChI is InChI=1S/C14H13N5O2S/c1-9-7-11(18-21-9)8-15-13(20)17-14-16-12(19-22-14)10-5-3-2-4-6-10/h2-7H,8H2,1H3,(H2,15,16,17,19,20). The molecule has 0 radical (unpaired) electrons. The van der Waals surface area contributed by atoms with E-state index in [1.54, 1.807) is 13.0 Å². The van der Waals surface area contributed by atoms with E-state index in [2.05, 4.69) is 25.1 Å². The molecule has 2 aromatic heterocycles. The van der Waals surface area contributed by atoms with Crippen LogP contribution in [0.2, 0.25) is 0 Å². The third-order valence-corrected chi connectivity index (χ3v) is 3.42. The Labute approximate surface area is 130 Å². The van der Waals surface area contributed by atoms with Gasteiger partial charge in [0.2, 0.25) is 5.13 Å². The lowest BCUT2D eigenvalue weighted by atomic mass is 10.2. The van der Waals surface area contributed by atoms with Gasteiger partial charge in [-0.2, -0.15) is 9.36 Å². The van der Waals surface area contributed by atoms with Crippen molar-refractivity contribution in [2.24, 2.45) is 0 Å². The van der Waals surface area contributed by atoms with E-state index in [1.807, 2.05) is 30.3 Å². The molecule has 2 heterocycles. The van der Waals surface area contributed by atoms with E-state index in [0.29, 0.717) is 22.4 Å². The lowest BCUT2D eigenvalue weighted by Crippen LogP contribution is -2.28. The minimum Gasteiger partial charge on any atom is -0.361 e. The SMILES string of the molecule is Cc1cc(CNC(=O)Nc2nc(-c3ccccc3)ns2)no1. The van der Waals surface area contributed by atoms with Crippen LogP contribution >= 0.6 is 11.5 Å². The molecule has 1 aromatic carbocycles. The van der Waals surface area contributed by atoms with Crippen LogP contribution in [0.4, 0.5) is 9.93 Å². The van der Waals surface area contributed by atoms with Crippen LogP contribution in [-0.2, 0) is 6.54 Å². The van der Waals surface area contributed by atoms with Gasteiger partial charge in [0.1, 0.15) is 11.5 Å². The number of benzene rings is 1. The van der Waals surface area contributed by atoms with Gasteiger partial charge in [-0.1, -0.05) is 35.5 Å². The van der Waals surface area contributed by atoms with Crippen LogP contribution in [0.5, 0.6) is 0 Å². The maximum Gasteiger partial charge on any atom is 0.321 e. The number of hydrogen-bond donors (Lipinski definition) is 2. The molecule has 3 aromatic rings. The molecule has 0 saturated carbocycles. The monoisotopic (exact) mass is 315 g/mol. The predicted molar refractivity (Wildman–Crippen MR) is 82.4 cm³/mol. The summed E-state index contributed by atoms with van der Waals surface area (Å²) in [7, 11) is 0. The Morgan fingerprint density at radius 2 is 2.14 bits per heavy atom. The molecule has 0 aliphatic heterocycles. The molecule has 0 spiro atoms. The van der Waals surface area contributed by atoms with Crippen molar-refractivity contribution < 1.29 is 9.32 Å². The molecule has 8 heteroatoms. The fourth-order valence-corrected chi connectivity index (χ4v) is 2.38. The number of amides is 2. The lowest BCUT2D eigenvalue weighted by molar-refractivity contribution is 0.251. The summed E-state index contributed by atoms with van der Waals surface area (Å²) in [6.45, 7) is 2.08. The van der Waals surface area contributed by atoms with Gasteiger partial charge in [0.15, 0.2) is 5.82 Å². The fourth-order valence-electron chi connectivity index (χ4n) is 1.79. The number of aryl methyl sites for hydroxylation is 1. The quantitative estimate of drug-likeness (QED) is 0.772. The van der Waals surface area contributed by atoms with Crippen molar-refractivity contribution in [2.45, 2.75) is 13.5 Å². The third-order valence-electron chi connectivity index (χ3n) is 2.79. The van der Waals surface area contributed by atoms with Crippen molar-refractivity contribution in [3.8, 4) is 11.4 Å². The lowest BCUT2D eigenvalue weighted by Gasteiger charge is -2.02. The van der Waals surface area contributed by atoms with Crippen LogP contribution in [0.3, 0.4) is 0 Å². The Bertz CT molecular complexity index is 768. The average Bonchev–Trinajstić information content (AvgIpc) is 3.15. The molecule has 0 atom stereocenters. The van der Waals surface area contributed by atoms with Gasteiger partial charge in [-0.25, -0.2) is 4.79 Å². The van der Waals surface area contributed by atoms with Gasteiger partial charge >= 0.3 is 6.03 Å². The zero-order valence-corrected chi connectivity index (χ0v) is 12.6. The van der Waals surface area contributed by atoms with E-state index in [0.717, 1.165) is 17.1 Å². The van der Waals surface area contributed by atoms with E-state index in [-0.39, 0.29) is 12.6 Å². The first-order valence-electron chi connectivity index (χ1n) is 6.57. The highest BCUT2D eigenvalue weighted by Crippen LogP contribution is 2.20. The summed E-state index contributed by atoms with van der Waals surface area (Å²) >= 11 is 1.13. The number of hydrogen-bond acceptors (Lipinski definition) is 6. The Morgan fingerprint density at radius 1 is 1.32 bits per heavy atom. The first-order valence-corrected chi connectivity index (χ1v) is 7.34. The number of rotatable bonds is 4. The highest BCUT2D eigenvalue weighted by atomic mass is 32.1. The maximum absolute atomic E-state index is 11.8. The zero-order chi connectivity index (χ0) is 15.4. The second-order valence-corrected chi connectivity index (χ2v) is 5.28. The summed E-state index contributed by atoms with van der Waals surface area (Å²) in [5.41, 5.74) is 1.57. The van der Waals surface area contributed by atoms with E-state index in [1.165, 1.54) is 0 Å². The van der Waals surface area contributed by atoms with Crippen molar-refractivity contribution in [3.05, 3.63) is 47.9 Å². The minimum absolute atomic E-state index is 0.285. The summed E-state index contributed by atoms with van der Waals surface area (Å²) in [4.78, 5) is 16.1. The van der Waals surface area contributed by atoms with Gasteiger partial charge in [0.05, 0.1) is 6.54 Å². The molecule has 3 rings (SSSR count). The number of carbonyl (C=O) groups excluding carboxylic acids is 1. The van der Waals surface area contributed by atoms with E-state index >= 15 is 0 Å². The number of anilines is 1. The van der Waals surface area contributed by atoms with Crippen molar-refractivity contribution in [1.82, 2.24) is 19.8 Å². The summed E-state index contributed by atoms with van der Waals surface area (Å²) in [6, 6.07) is 11.0. The first kappa shape index (κ1) is 14.2. The number of aromatic nitrogens is 3. The van der Waals surface area contributed by atoms with Crippen LogP contribution in [0.25, 0.3) is 11.4 Å². The van der Waals surface area contributed by atoms with Crippen LogP contribution in [0, 0.1) is 6.92 Å². The van der Waals surface area contributed by atoms with Crippen LogP contribution in [0.15, 0.2) is 40.9 Å². The number of nitrogens with zero attached hydrogens (tertiary/aromatic N) is 3. The molecule has 2 amide bonds. The van der Waals surface area contributed by atoms with Gasteiger partial charge in [-0.15, -0.1) is 0 Å². The summed E-state index contributed by atoms with van der Waals surface area (Å²) in [6.07, 6.45) is 0. The van der Waals surface area contributed by atoms with Crippen molar-refractivity contribution in [1.29, 1.82) is 0 Å². The van der Waals surface area contributed by atoms with Crippen LogP contribution in [-0.4, -0.2) is 20.5 Å². The minimum atomic E-state index is -0.364. The third kappa shape index (κ3) is 3.47. The Kier molecular flexibility index (Phi) is 4.10. The van der Waals surface area contributed by atoms with Gasteiger partial charge in [0, 0.05) is 23.2 Å². The van der Waals surface area contributed by atoms with E-state index in [4.69, 9.17) is 4.52 Å². The number of carbonyl (C=O) groups is 1. The van der Waals surface area contributed by atoms with Gasteiger partial charge in [0.25, 0.3) is 0 Å². The van der Waals surface area contributed by atoms with Crippen LogP contribution < -0.4 is 10.6 Å². The van der Waals surface area contributed by atoms with Gasteiger partial charge in [-0.05, 0) is 6.92 Å². The highest BCUT2D eigenvalue weighted by molar-refractivity contribution is 7.10. The maximum atomic E-state index is 11.8. The second-order valence-electron chi connectivity index (χ2n) is 4.53.